The van der Waals surface area contributed by atoms with Crippen molar-refractivity contribution in [2.75, 3.05) is 6.61 Å². The van der Waals surface area contributed by atoms with Gasteiger partial charge in [0, 0.05) is 6.61 Å². The summed E-state index contributed by atoms with van der Waals surface area (Å²) in [7, 11) is -5.14. The number of aliphatic hydroxyl groups is 1. The molecule has 0 heterocycles. The molecule has 0 aliphatic carbocycles. The highest BCUT2D eigenvalue weighted by Crippen LogP contribution is 2.11. The van der Waals surface area contributed by atoms with Crippen LogP contribution in [0.4, 0.5) is 0 Å². The zero-order chi connectivity index (χ0) is 7.21. The molecule has 0 fully saturated rings. The third-order valence-electron chi connectivity index (χ3n) is 0. The summed E-state index contributed by atoms with van der Waals surface area (Å²) in [5.74, 6) is 0. The van der Waals surface area contributed by atoms with Crippen molar-refractivity contribution in [3.05, 3.63) is 0 Å². The van der Waals surface area contributed by atoms with E-state index in [0.717, 1.165) is 0 Å². The van der Waals surface area contributed by atoms with Crippen molar-refractivity contribution < 1.29 is 24.4 Å². The van der Waals surface area contributed by atoms with Gasteiger partial charge in [0.05, 0.1) is 7.82 Å². The Bertz CT molecular complexity index is 73.5. The SMILES string of the molecule is CCO.O=P([O-])([O-])O.[NH4+].[NH4+]. The minimum Gasteiger partial charge on any atom is -0.790 e. The molecule has 8 heteroatoms. The van der Waals surface area contributed by atoms with Crippen LogP contribution in [0.1, 0.15) is 6.92 Å². The first kappa shape index (κ1) is 22.5. The molecule has 0 aromatic rings. The van der Waals surface area contributed by atoms with Gasteiger partial charge in [-0.3, -0.25) is 0 Å². The van der Waals surface area contributed by atoms with Gasteiger partial charge in [0.15, 0.2) is 0 Å². The Labute approximate surface area is 59.1 Å². The zero-order valence-corrected chi connectivity index (χ0v) is 7.17. The van der Waals surface area contributed by atoms with E-state index < -0.39 is 7.82 Å². The molecule has 10 N–H and O–H groups in total. The molecular formula is C2H15N2O5P. The number of hydrogen-bond donors (Lipinski definition) is 4. The monoisotopic (exact) mass is 178 g/mol. The van der Waals surface area contributed by atoms with Crippen LogP contribution in [0.15, 0.2) is 0 Å². The topological polar surface area (TPSA) is 177 Å². The fourth-order valence-corrected chi connectivity index (χ4v) is 0. The van der Waals surface area contributed by atoms with Gasteiger partial charge in [-0.25, -0.2) is 0 Å². The van der Waals surface area contributed by atoms with Crippen LogP contribution in [0.3, 0.4) is 0 Å². The Morgan fingerprint density at radius 3 is 1.40 bits per heavy atom. The predicted molar refractivity (Wildman–Crippen MR) is 34.6 cm³/mol. The zero-order valence-electron chi connectivity index (χ0n) is 6.27. The summed E-state index contributed by atoms with van der Waals surface area (Å²) in [5, 5.41) is 7.57. The Balaban J connectivity index is -0.0000000326. The molecule has 0 aliphatic rings. The molecule has 0 amide bonds. The van der Waals surface area contributed by atoms with Gasteiger partial charge in [0.2, 0.25) is 0 Å². The van der Waals surface area contributed by atoms with Gasteiger partial charge in [-0.05, 0) is 6.92 Å². The normalized spacial score (nSPS) is 7.70. The molecule has 0 spiro atoms. The average molecular weight is 178 g/mol. The molecule has 0 unspecified atom stereocenters. The lowest BCUT2D eigenvalue weighted by molar-refractivity contribution is -0.337. The van der Waals surface area contributed by atoms with E-state index in [1.165, 1.54) is 0 Å². The van der Waals surface area contributed by atoms with Gasteiger partial charge < -0.3 is 36.7 Å². The molecule has 0 aromatic carbocycles. The van der Waals surface area contributed by atoms with E-state index in [2.05, 4.69) is 0 Å². The first-order valence-electron chi connectivity index (χ1n) is 1.77. The van der Waals surface area contributed by atoms with Crippen molar-refractivity contribution in [1.82, 2.24) is 12.3 Å². The van der Waals surface area contributed by atoms with Gasteiger partial charge in [0.25, 0.3) is 0 Å². The van der Waals surface area contributed by atoms with E-state index in [9.17, 15) is 0 Å². The molecule has 0 aliphatic heterocycles. The van der Waals surface area contributed by atoms with Crippen LogP contribution in [-0.4, -0.2) is 16.6 Å². The molecule has 0 atom stereocenters. The first-order chi connectivity index (χ1) is 3.41. The van der Waals surface area contributed by atoms with E-state index in [0.29, 0.717) is 0 Å². The fourth-order valence-electron chi connectivity index (χ4n) is 0. The number of aliphatic hydroxyl groups excluding tert-OH is 1. The van der Waals surface area contributed by atoms with Gasteiger partial charge in [-0.15, -0.1) is 0 Å². The summed E-state index contributed by atoms with van der Waals surface area (Å²) < 4.78 is 8.66. The molecule has 0 bridgehead atoms. The van der Waals surface area contributed by atoms with E-state index in [-0.39, 0.29) is 18.9 Å². The summed E-state index contributed by atoms with van der Waals surface area (Å²) in [6.07, 6.45) is 0. The Morgan fingerprint density at radius 2 is 1.40 bits per heavy atom. The van der Waals surface area contributed by atoms with Crippen molar-refractivity contribution in [1.29, 1.82) is 0 Å². The van der Waals surface area contributed by atoms with Crippen molar-refractivity contribution in [3.63, 3.8) is 0 Å². The molecule has 0 aromatic heterocycles. The van der Waals surface area contributed by atoms with Gasteiger partial charge >= 0.3 is 0 Å². The molecule has 0 saturated heterocycles. The van der Waals surface area contributed by atoms with E-state index in [4.69, 9.17) is 24.4 Å². The average Bonchev–Trinajstić information content (AvgIpc) is 1.27. The number of hydrogen-bond acceptors (Lipinski definition) is 4. The summed E-state index contributed by atoms with van der Waals surface area (Å²) in [5.41, 5.74) is 0. The molecule has 0 radical (unpaired) electrons. The van der Waals surface area contributed by atoms with Crippen molar-refractivity contribution in [2.45, 2.75) is 6.92 Å². The van der Waals surface area contributed by atoms with Crippen LogP contribution < -0.4 is 22.1 Å². The minimum absolute atomic E-state index is 0. The number of quaternary nitrogens is 2. The van der Waals surface area contributed by atoms with Crippen LogP contribution in [0.25, 0.3) is 0 Å². The lowest BCUT2D eigenvalue weighted by Gasteiger charge is -2.19. The third kappa shape index (κ3) is 3900000. The Kier molecular flexibility index (Phi) is 26.4. The van der Waals surface area contributed by atoms with Gasteiger partial charge in [-0.1, -0.05) is 0 Å². The van der Waals surface area contributed by atoms with Crippen LogP contribution in [-0.2, 0) is 4.57 Å². The number of rotatable bonds is 0. The summed E-state index contributed by atoms with van der Waals surface area (Å²) in [6, 6.07) is 0. The van der Waals surface area contributed by atoms with Crippen LogP contribution in [0.5, 0.6) is 0 Å². The first-order valence-corrected chi connectivity index (χ1v) is 3.27. The predicted octanol–water partition coefficient (Wildman–Crippen LogP) is -1.44. The quantitative estimate of drug-likeness (QED) is 0.331. The van der Waals surface area contributed by atoms with Crippen LogP contribution in [0.2, 0.25) is 0 Å². The molecule has 0 saturated carbocycles. The lowest BCUT2D eigenvalue weighted by Crippen LogP contribution is -2.11. The van der Waals surface area contributed by atoms with Crippen molar-refractivity contribution in [2.24, 2.45) is 0 Å². The maximum Gasteiger partial charge on any atom is 0.0557 e. The fraction of sp³-hybridized carbons (Fsp3) is 1.00. The highest BCUT2D eigenvalue weighted by molar-refractivity contribution is 7.42. The third-order valence-corrected chi connectivity index (χ3v) is 0. The highest BCUT2D eigenvalue weighted by atomic mass is 31.2. The molecule has 0 rings (SSSR count). The molecule has 10 heavy (non-hydrogen) atoms. The van der Waals surface area contributed by atoms with E-state index >= 15 is 0 Å². The highest BCUT2D eigenvalue weighted by Gasteiger charge is 1.64. The Hall–Kier alpha value is -0.0100. The standard InChI is InChI=1S/C2H6O.2H3N.H3O4P/c1-2-3;;;1-5(2,3)4/h3H,2H2,1H3;2*1H3;(H3,1,2,3,4). The number of phosphoric acid groups is 1. The second-order valence-electron chi connectivity index (χ2n) is 0.785. The van der Waals surface area contributed by atoms with Gasteiger partial charge in [0.1, 0.15) is 0 Å². The summed E-state index contributed by atoms with van der Waals surface area (Å²) >= 11 is 0. The van der Waals surface area contributed by atoms with Gasteiger partial charge in [-0.2, -0.15) is 0 Å². The molecule has 68 valence electrons. The van der Waals surface area contributed by atoms with Crippen molar-refractivity contribution >= 4 is 7.82 Å². The molecule has 7 nitrogen and oxygen atoms in total. The Morgan fingerprint density at radius 1 is 1.40 bits per heavy atom. The van der Waals surface area contributed by atoms with E-state index in [1.807, 2.05) is 0 Å². The summed E-state index contributed by atoms with van der Waals surface area (Å²) in [6.45, 7) is 1.93. The van der Waals surface area contributed by atoms with E-state index in [1.54, 1.807) is 6.92 Å². The van der Waals surface area contributed by atoms with Crippen LogP contribution in [0, 0.1) is 0 Å². The second-order valence-corrected chi connectivity index (χ2v) is 1.72. The molecular weight excluding hydrogens is 163 g/mol. The smallest absolute Gasteiger partial charge is 0.0557 e. The maximum atomic E-state index is 8.66. The van der Waals surface area contributed by atoms with Crippen molar-refractivity contribution in [3.8, 4) is 0 Å². The van der Waals surface area contributed by atoms with Crippen LogP contribution >= 0.6 is 7.82 Å². The minimum atomic E-state index is -5.14. The largest absolute Gasteiger partial charge is 0.790 e. The second kappa shape index (κ2) is 11.7. The lowest BCUT2D eigenvalue weighted by atomic mass is 10.9. The maximum absolute atomic E-state index is 8.66. The summed E-state index contributed by atoms with van der Waals surface area (Å²) in [4.78, 5) is 24.3.